The number of imidazole rings is 2. The summed E-state index contributed by atoms with van der Waals surface area (Å²) in [4.78, 5) is 10.5. The smallest absolute Gasteiger partial charge is 0.208 e. The van der Waals surface area contributed by atoms with E-state index < -0.39 is 0 Å². The van der Waals surface area contributed by atoms with E-state index in [2.05, 4.69) is 125 Å². The third-order valence-electron chi connectivity index (χ3n) is 12.1. The summed E-state index contributed by atoms with van der Waals surface area (Å²) >= 11 is 0. The molecule has 3 aliphatic rings. The zero-order valence-corrected chi connectivity index (χ0v) is 35.4. The number of aryl methyl sites for hydroxylation is 4. The molecule has 1 atom stereocenters. The number of rotatable bonds is 12. The van der Waals surface area contributed by atoms with Crippen LogP contribution in [-0.2, 0) is 32.5 Å². The van der Waals surface area contributed by atoms with Gasteiger partial charge in [0.05, 0.1) is 45.2 Å². The molecule has 8 rings (SSSR count). The highest BCUT2D eigenvalue weighted by Gasteiger charge is 2.28. The summed E-state index contributed by atoms with van der Waals surface area (Å²) in [6.45, 7) is 28.6. The lowest BCUT2D eigenvalue weighted by Crippen LogP contribution is -2.33. The molecular weight excluding hydrogens is 733 g/mol. The summed E-state index contributed by atoms with van der Waals surface area (Å²) in [5.41, 5.74) is 21.0. The predicted molar refractivity (Wildman–Crippen MR) is 245 cm³/mol. The largest absolute Gasteiger partial charge is 0.399 e. The van der Waals surface area contributed by atoms with Crippen LogP contribution in [0.15, 0.2) is 79.6 Å². The molecule has 0 saturated heterocycles. The van der Waals surface area contributed by atoms with E-state index in [1.54, 1.807) is 0 Å². The van der Waals surface area contributed by atoms with Crippen molar-refractivity contribution in [1.82, 2.24) is 39.2 Å². The van der Waals surface area contributed by atoms with E-state index in [-0.39, 0.29) is 6.04 Å². The van der Waals surface area contributed by atoms with Gasteiger partial charge in [-0.2, -0.15) is 10.2 Å². The van der Waals surface area contributed by atoms with Crippen LogP contribution in [0.3, 0.4) is 0 Å². The van der Waals surface area contributed by atoms with Gasteiger partial charge >= 0.3 is 0 Å². The minimum Gasteiger partial charge on any atom is -0.399 e. The molecule has 0 spiro atoms. The van der Waals surface area contributed by atoms with E-state index in [4.69, 9.17) is 20.8 Å². The lowest BCUT2D eigenvalue weighted by Gasteiger charge is -2.28. The standard InChI is InChI=1S/C47H60N12/c1-9-58-42(23-29(3)54-58)33(7)50-46-52-40-27-37(31(5)48)25-35-17-12-11-13-18-36-26-38(32(6)49-39-19-16-20-39)28-41-45(36)57(22-15-14-21-56(46)44(35)40)47(53-41)51-34(8)43-24-30(4)55-59(43)10-2/h14-15,23,25-28,39,43,49H,5-13,16-22,24,48H2,1-4H3,(H,50,52)(H,51,53)/b15-14+. The summed E-state index contributed by atoms with van der Waals surface area (Å²) < 4.78 is 6.56. The Morgan fingerprint density at radius 2 is 1.39 bits per heavy atom. The van der Waals surface area contributed by atoms with Crippen molar-refractivity contribution in [3.63, 3.8) is 0 Å². The van der Waals surface area contributed by atoms with Crippen molar-refractivity contribution >= 4 is 56.8 Å². The fourth-order valence-corrected chi connectivity index (χ4v) is 8.81. The minimum atomic E-state index is 0.0631. The molecule has 1 fully saturated rings. The Balaban J connectivity index is 1.19. The first-order valence-corrected chi connectivity index (χ1v) is 21.4. The van der Waals surface area contributed by atoms with E-state index in [1.807, 2.05) is 11.6 Å². The molecule has 59 heavy (non-hydrogen) atoms. The molecule has 5 heterocycles. The van der Waals surface area contributed by atoms with Crippen LogP contribution >= 0.6 is 0 Å². The molecule has 12 heteroatoms. The average molecular weight is 793 g/mol. The van der Waals surface area contributed by atoms with Gasteiger partial charge in [-0.1, -0.05) is 44.9 Å². The molecule has 1 unspecified atom stereocenters. The van der Waals surface area contributed by atoms with Crippen LogP contribution in [0.2, 0.25) is 0 Å². The highest BCUT2D eigenvalue weighted by molar-refractivity contribution is 5.89. The van der Waals surface area contributed by atoms with Crippen molar-refractivity contribution in [1.29, 1.82) is 0 Å². The van der Waals surface area contributed by atoms with Crippen LogP contribution in [-0.4, -0.2) is 58.2 Å². The Labute approximate surface area is 348 Å². The minimum absolute atomic E-state index is 0.0631. The first kappa shape index (κ1) is 39.8. The summed E-state index contributed by atoms with van der Waals surface area (Å²) in [6, 6.07) is 11.4. The number of aromatic nitrogens is 6. The Bertz CT molecular complexity index is 2520. The Morgan fingerprint density at radius 1 is 0.763 bits per heavy atom. The number of anilines is 2. The summed E-state index contributed by atoms with van der Waals surface area (Å²) in [5.74, 6) is 1.50. The molecule has 1 aliphatic carbocycles. The number of hydrazone groups is 1. The number of allylic oxidation sites excluding steroid dienone is 2. The maximum atomic E-state index is 6.33. The maximum absolute atomic E-state index is 6.33. The Kier molecular flexibility index (Phi) is 11.2. The highest BCUT2D eigenvalue weighted by atomic mass is 15.5. The lowest BCUT2D eigenvalue weighted by atomic mass is 9.92. The second kappa shape index (κ2) is 16.7. The molecule has 1 saturated carbocycles. The SMILES string of the molecule is C=C(N)c1cc2c3c(c1)nc(NC(=C)c1cc(C)nn1CC)n3C/C=C/Cn1c(NC(=C)C3CC(C)=NN3CC)nc3cc(C(=C)NC4CCC4)cc(c31)CCCCC2. The van der Waals surface area contributed by atoms with Crippen molar-refractivity contribution in [3.8, 4) is 0 Å². The van der Waals surface area contributed by atoms with Gasteiger partial charge in [0, 0.05) is 61.4 Å². The zero-order chi connectivity index (χ0) is 41.4. The zero-order valence-electron chi connectivity index (χ0n) is 35.4. The molecule has 308 valence electrons. The number of nitrogens with zero attached hydrogens (tertiary/aromatic N) is 8. The average Bonchev–Trinajstić information content (AvgIpc) is 3.96. The molecule has 12 nitrogen and oxygen atoms in total. The molecule has 5 N–H and O–H groups in total. The van der Waals surface area contributed by atoms with Crippen molar-refractivity contribution in [2.75, 3.05) is 17.2 Å². The molecular formula is C47H60N12. The topological polar surface area (TPSA) is 131 Å². The van der Waals surface area contributed by atoms with Gasteiger partial charge in [0.25, 0.3) is 0 Å². The fourth-order valence-electron chi connectivity index (χ4n) is 8.81. The van der Waals surface area contributed by atoms with Crippen LogP contribution < -0.4 is 21.7 Å². The highest BCUT2D eigenvalue weighted by Crippen LogP contribution is 2.34. The monoisotopic (exact) mass is 793 g/mol. The number of likely N-dealkylation sites (N-methyl/N-ethyl adjacent to an activating group) is 1. The number of hydrogen-bond donors (Lipinski definition) is 4. The quantitative estimate of drug-likeness (QED) is 0.0922. The van der Waals surface area contributed by atoms with Crippen molar-refractivity contribution < 1.29 is 0 Å². The van der Waals surface area contributed by atoms with E-state index in [0.717, 1.165) is 125 Å². The van der Waals surface area contributed by atoms with Crippen LogP contribution in [0, 0.1) is 6.92 Å². The second-order valence-corrected chi connectivity index (χ2v) is 16.5. The van der Waals surface area contributed by atoms with Gasteiger partial charge in [-0.3, -0.25) is 9.69 Å². The molecule has 2 aromatic carbocycles. The maximum Gasteiger partial charge on any atom is 0.208 e. The van der Waals surface area contributed by atoms with Crippen LogP contribution in [0.1, 0.15) is 99.4 Å². The van der Waals surface area contributed by atoms with Crippen molar-refractivity contribution in [3.05, 3.63) is 108 Å². The summed E-state index contributed by atoms with van der Waals surface area (Å²) in [7, 11) is 0. The molecule has 0 amide bonds. The van der Waals surface area contributed by atoms with Crippen LogP contribution in [0.25, 0.3) is 39.2 Å². The van der Waals surface area contributed by atoms with Gasteiger partial charge in [0.1, 0.15) is 0 Å². The number of nitrogens with one attached hydrogen (secondary N) is 3. The third kappa shape index (κ3) is 8.05. The first-order valence-electron chi connectivity index (χ1n) is 21.4. The molecule has 0 bridgehead atoms. The van der Waals surface area contributed by atoms with E-state index >= 15 is 0 Å². The first-order chi connectivity index (χ1) is 28.5. The van der Waals surface area contributed by atoms with Crippen molar-refractivity contribution in [2.45, 2.75) is 117 Å². The summed E-state index contributed by atoms with van der Waals surface area (Å²) in [5, 5.41) is 22.5. The number of benzene rings is 2. The lowest BCUT2D eigenvalue weighted by molar-refractivity contribution is 0.273. The van der Waals surface area contributed by atoms with Crippen LogP contribution in [0.5, 0.6) is 0 Å². The van der Waals surface area contributed by atoms with E-state index in [1.165, 1.54) is 30.4 Å². The van der Waals surface area contributed by atoms with E-state index in [9.17, 15) is 0 Å². The molecule has 3 aromatic heterocycles. The fraction of sp³-hybridized carbons (Fsp3) is 0.404. The van der Waals surface area contributed by atoms with Gasteiger partial charge in [0.15, 0.2) is 0 Å². The van der Waals surface area contributed by atoms with Gasteiger partial charge in [0.2, 0.25) is 11.9 Å². The Hall–Kier alpha value is -6.04. The van der Waals surface area contributed by atoms with Gasteiger partial charge in [-0.25, -0.2) is 9.97 Å². The van der Waals surface area contributed by atoms with Gasteiger partial charge < -0.3 is 30.8 Å². The number of hydrogen-bond acceptors (Lipinski definition) is 9. The third-order valence-corrected chi connectivity index (χ3v) is 12.1. The molecule has 0 radical (unpaired) electrons. The summed E-state index contributed by atoms with van der Waals surface area (Å²) in [6.07, 6.45) is 13.9. The predicted octanol–water partition coefficient (Wildman–Crippen LogP) is 8.96. The van der Waals surface area contributed by atoms with E-state index in [0.29, 0.717) is 30.8 Å². The van der Waals surface area contributed by atoms with Gasteiger partial charge in [-0.05, 0) is 125 Å². The van der Waals surface area contributed by atoms with Gasteiger partial charge in [-0.15, -0.1) is 0 Å². The van der Waals surface area contributed by atoms with Crippen LogP contribution in [0.4, 0.5) is 11.9 Å². The second-order valence-electron chi connectivity index (χ2n) is 16.5. The normalized spacial score (nSPS) is 17.9. The Morgan fingerprint density at radius 3 is 1.98 bits per heavy atom. The molecule has 5 aromatic rings. The molecule has 2 aliphatic heterocycles. The van der Waals surface area contributed by atoms with Crippen molar-refractivity contribution in [2.24, 2.45) is 10.8 Å². The number of nitrogens with two attached hydrogens (primary N) is 1.